The first-order valence-corrected chi connectivity index (χ1v) is 7.29. The molecule has 0 aliphatic carbocycles. The third-order valence-corrected chi connectivity index (χ3v) is 3.16. The molecule has 0 saturated carbocycles. The summed E-state index contributed by atoms with van der Waals surface area (Å²) in [6.45, 7) is 7.06. The summed E-state index contributed by atoms with van der Waals surface area (Å²) < 4.78 is 10.9. The molecule has 0 radical (unpaired) electrons. The number of methoxy groups -OCH3 is 1. The van der Waals surface area contributed by atoms with Crippen LogP contribution in [0, 0.1) is 5.92 Å². The second-order valence-corrected chi connectivity index (χ2v) is 5.42. The van der Waals surface area contributed by atoms with Crippen LogP contribution in [0.1, 0.15) is 32.8 Å². The van der Waals surface area contributed by atoms with Gasteiger partial charge in [0.2, 0.25) is 0 Å². The van der Waals surface area contributed by atoms with Crippen molar-refractivity contribution >= 4 is 5.91 Å². The molecule has 0 aliphatic heterocycles. The minimum absolute atomic E-state index is 0.124. The Hall–Kier alpha value is -1.75. The predicted octanol–water partition coefficient (Wildman–Crippen LogP) is 2.08. The number of carbonyl (C=O) groups excluding carboxylic acids is 1. The second-order valence-electron chi connectivity index (χ2n) is 5.42. The lowest BCUT2D eigenvalue weighted by atomic mass is 10.1. The molecule has 3 N–H and O–H groups in total. The molecule has 0 spiro atoms. The van der Waals surface area contributed by atoms with E-state index in [9.17, 15) is 4.79 Å². The quantitative estimate of drug-likeness (QED) is 0.770. The molecule has 1 rings (SSSR count). The fourth-order valence-electron chi connectivity index (χ4n) is 1.81. The van der Waals surface area contributed by atoms with Crippen molar-refractivity contribution in [1.29, 1.82) is 0 Å². The SMILES string of the molecule is COc1cc(CN)ccc1OC(C)C(=O)NCCC(C)C. The first kappa shape index (κ1) is 17.3. The van der Waals surface area contributed by atoms with E-state index in [4.69, 9.17) is 15.2 Å². The van der Waals surface area contributed by atoms with E-state index in [1.54, 1.807) is 20.1 Å². The molecule has 0 aliphatic rings. The van der Waals surface area contributed by atoms with Crippen LogP contribution in [0.2, 0.25) is 0 Å². The van der Waals surface area contributed by atoms with Crippen LogP contribution in [-0.4, -0.2) is 25.7 Å². The summed E-state index contributed by atoms with van der Waals surface area (Å²) >= 11 is 0. The van der Waals surface area contributed by atoms with Crippen molar-refractivity contribution in [2.75, 3.05) is 13.7 Å². The van der Waals surface area contributed by atoms with Crippen molar-refractivity contribution in [2.24, 2.45) is 11.7 Å². The maximum atomic E-state index is 12.0. The average molecular weight is 294 g/mol. The van der Waals surface area contributed by atoms with E-state index in [1.165, 1.54) is 0 Å². The van der Waals surface area contributed by atoms with Crippen LogP contribution in [0.4, 0.5) is 0 Å². The lowest BCUT2D eigenvalue weighted by molar-refractivity contribution is -0.127. The van der Waals surface area contributed by atoms with E-state index in [-0.39, 0.29) is 5.91 Å². The summed E-state index contributed by atoms with van der Waals surface area (Å²) in [5.74, 6) is 1.56. The molecule has 1 atom stereocenters. The summed E-state index contributed by atoms with van der Waals surface area (Å²) in [5.41, 5.74) is 6.54. The second kappa shape index (κ2) is 8.52. The molecule has 1 amide bonds. The lowest BCUT2D eigenvalue weighted by Crippen LogP contribution is -2.37. The summed E-state index contributed by atoms with van der Waals surface area (Å²) in [6.07, 6.45) is 0.377. The maximum Gasteiger partial charge on any atom is 0.260 e. The van der Waals surface area contributed by atoms with Gasteiger partial charge in [0.25, 0.3) is 5.91 Å². The molecule has 0 heterocycles. The van der Waals surface area contributed by atoms with Gasteiger partial charge in [0.1, 0.15) is 0 Å². The largest absolute Gasteiger partial charge is 0.493 e. The standard InChI is InChI=1S/C16H26N2O3/c1-11(2)7-8-18-16(19)12(3)21-14-6-5-13(10-17)9-15(14)20-4/h5-6,9,11-12H,7-8,10,17H2,1-4H3,(H,18,19). The van der Waals surface area contributed by atoms with Crippen molar-refractivity contribution < 1.29 is 14.3 Å². The Kier molecular flexibility index (Phi) is 7.02. The number of ether oxygens (including phenoxy) is 2. The Bertz CT molecular complexity index is 461. The monoisotopic (exact) mass is 294 g/mol. The minimum Gasteiger partial charge on any atom is -0.493 e. The Balaban J connectivity index is 2.61. The molecule has 0 fully saturated rings. The molecular weight excluding hydrogens is 268 g/mol. The van der Waals surface area contributed by atoms with Gasteiger partial charge in [-0.1, -0.05) is 19.9 Å². The van der Waals surface area contributed by atoms with Crippen LogP contribution < -0.4 is 20.5 Å². The topological polar surface area (TPSA) is 73.6 Å². The number of amides is 1. The summed E-state index contributed by atoms with van der Waals surface area (Å²) in [5, 5.41) is 2.87. The fraction of sp³-hybridized carbons (Fsp3) is 0.562. The summed E-state index contributed by atoms with van der Waals surface area (Å²) in [7, 11) is 1.57. The van der Waals surface area contributed by atoms with E-state index in [0.29, 0.717) is 30.5 Å². The van der Waals surface area contributed by atoms with Crippen molar-refractivity contribution in [2.45, 2.75) is 39.8 Å². The van der Waals surface area contributed by atoms with Gasteiger partial charge >= 0.3 is 0 Å². The van der Waals surface area contributed by atoms with Crippen LogP contribution in [-0.2, 0) is 11.3 Å². The van der Waals surface area contributed by atoms with Crippen molar-refractivity contribution in [1.82, 2.24) is 5.32 Å². The van der Waals surface area contributed by atoms with E-state index in [2.05, 4.69) is 19.2 Å². The number of hydrogen-bond donors (Lipinski definition) is 2. The van der Waals surface area contributed by atoms with Crippen LogP contribution in [0.5, 0.6) is 11.5 Å². The van der Waals surface area contributed by atoms with E-state index >= 15 is 0 Å². The van der Waals surface area contributed by atoms with Gasteiger partial charge in [0, 0.05) is 13.1 Å². The molecule has 0 saturated heterocycles. The smallest absolute Gasteiger partial charge is 0.260 e. The first-order chi connectivity index (χ1) is 9.97. The molecule has 1 unspecified atom stereocenters. The Labute approximate surface area is 126 Å². The first-order valence-electron chi connectivity index (χ1n) is 7.29. The zero-order valence-electron chi connectivity index (χ0n) is 13.3. The lowest BCUT2D eigenvalue weighted by Gasteiger charge is -2.17. The number of hydrogen-bond acceptors (Lipinski definition) is 4. The van der Waals surface area contributed by atoms with Crippen LogP contribution in [0.3, 0.4) is 0 Å². The van der Waals surface area contributed by atoms with Crippen LogP contribution in [0.15, 0.2) is 18.2 Å². The highest BCUT2D eigenvalue weighted by Gasteiger charge is 2.16. The molecule has 1 aromatic carbocycles. The Morgan fingerprint density at radius 1 is 1.29 bits per heavy atom. The third-order valence-electron chi connectivity index (χ3n) is 3.16. The minimum atomic E-state index is -0.574. The summed E-state index contributed by atoms with van der Waals surface area (Å²) in [4.78, 5) is 12.0. The number of nitrogens with two attached hydrogens (primary N) is 1. The van der Waals surface area contributed by atoms with Gasteiger partial charge < -0.3 is 20.5 Å². The number of nitrogens with one attached hydrogen (secondary N) is 1. The van der Waals surface area contributed by atoms with E-state index in [0.717, 1.165) is 12.0 Å². The van der Waals surface area contributed by atoms with Gasteiger partial charge in [0.05, 0.1) is 7.11 Å². The fourth-order valence-corrected chi connectivity index (χ4v) is 1.81. The average Bonchev–Trinajstić information content (AvgIpc) is 2.46. The predicted molar refractivity (Wildman–Crippen MR) is 83.4 cm³/mol. The van der Waals surface area contributed by atoms with Gasteiger partial charge in [-0.3, -0.25) is 4.79 Å². The highest BCUT2D eigenvalue weighted by molar-refractivity contribution is 5.80. The number of rotatable bonds is 8. The molecular formula is C16H26N2O3. The molecule has 1 aromatic rings. The van der Waals surface area contributed by atoms with Gasteiger partial charge in [-0.25, -0.2) is 0 Å². The van der Waals surface area contributed by atoms with Crippen LogP contribution >= 0.6 is 0 Å². The molecule has 0 bridgehead atoms. The van der Waals surface area contributed by atoms with Crippen molar-refractivity contribution in [3.8, 4) is 11.5 Å². The Morgan fingerprint density at radius 2 is 2.00 bits per heavy atom. The highest BCUT2D eigenvalue weighted by atomic mass is 16.5. The van der Waals surface area contributed by atoms with Gasteiger partial charge in [-0.15, -0.1) is 0 Å². The number of carbonyl (C=O) groups is 1. The summed E-state index contributed by atoms with van der Waals surface area (Å²) in [6, 6.07) is 5.46. The van der Waals surface area contributed by atoms with Crippen molar-refractivity contribution in [3.05, 3.63) is 23.8 Å². The maximum absolute atomic E-state index is 12.0. The zero-order valence-corrected chi connectivity index (χ0v) is 13.3. The van der Waals surface area contributed by atoms with Crippen LogP contribution in [0.25, 0.3) is 0 Å². The highest BCUT2D eigenvalue weighted by Crippen LogP contribution is 2.28. The van der Waals surface area contributed by atoms with Crippen molar-refractivity contribution in [3.63, 3.8) is 0 Å². The molecule has 5 nitrogen and oxygen atoms in total. The van der Waals surface area contributed by atoms with Gasteiger partial charge in [-0.05, 0) is 37.0 Å². The van der Waals surface area contributed by atoms with Gasteiger partial charge in [-0.2, -0.15) is 0 Å². The Morgan fingerprint density at radius 3 is 2.57 bits per heavy atom. The number of benzene rings is 1. The molecule has 21 heavy (non-hydrogen) atoms. The zero-order chi connectivity index (χ0) is 15.8. The molecule has 5 heteroatoms. The molecule has 0 aromatic heterocycles. The normalized spacial score (nSPS) is 12.1. The van der Waals surface area contributed by atoms with Gasteiger partial charge in [0.15, 0.2) is 17.6 Å². The van der Waals surface area contributed by atoms with E-state index < -0.39 is 6.10 Å². The molecule has 118 valence electrons. The van der Waals surface area contributed by atoms with E-state index in [1.807, 2.05) is 12.1 Å². The third kappa shape index (κ3) is 5.63.